The quantitative estimate of drug-likeness (QED) is 0.698. The lowest BCUT2D eigenvalue weighted by Crippen LogP contribution is -2.29. The number of aliphatic hydroxyl groups is 2. The van der Waals surface area contributed by atoms with Crippen molar-refractivity contribution in [3.05, 3.63) is 35.4 Å². The fourth-order valence-corrected chi connectivity index (χ4v) is 1.64. The minimum Gasteiger partial charge on any atom is -0.395 e. The summed E-state index contributed by atoms with van der Waals surface area (Å²) in [5.41, 5.74) is 2.09. The highest BCUT2D eigenvalue weighted by Gasteiger charge is 2.05. The van der Waals surface area contributed by atoms with Gasteiger partial charge >= 0.3 is 0 Å². The van der Waals surface area contributed by atoms with Crippen LogP contribution in [-0.4, -0.2) is 48.5 Å². The van der Waals surface area contributed by atoms with Gasteiger partial charge in [-0.15, -0.1) is 0 Å². The second kappa shape index (κ2) is 8.20. The largest absolute Gasteiger partial charge is 0.395 e. The Morgan fingerprint density at radius 1 is 1.06 bits per heavy atom. The van der Waals surface area contributed by atoms with Gasteiger partial charge in [0.05, 0.1) is 19.8 Å². The second-order valence-corrected chi connectivity index (χ2v) is 3.97. The topological polar surface area (TPSA) is 52.9 Å². The monoisotopic (exact) mass is 239 g/mol. The predicted octanol–water partition coefficient (Wildman–Crippen LogP) is 0.620. The molecule has 1 aromatic carbocycles. The molecule has 0 saturated carbocycles. The van der Waals surface area contributed by atoms with Crippen LogP contribution in [0.15, 0.2) is 24.3 Å². The summed E-state index contributed by atoms with van der Waals surface area (Å²) in [4.78, 5) is 2.14. The zero-order chi connectivity index (χ0) is 12.5. The smallest absolute Gasteiger partial charge is 0.0681 e. The van der Waals surface area contributed by atoms with E-state index in [1.54, 1.807) is 7.11 Å². The molecular formula is C13H21NO3. The third-order valence-electron chi connectivity index (χ3n) is 2.64. The molecule has 4 heteroatoms. The Balaban J connectivity index is 2.51. The summed E-state index contributed by atoms with van der Waals surface area (Å²) in [6.07, 6.45) is 0. The average molecular weight is 239 g/mol. The van der Waals surface area contributed by atoms with Gasteiger partial charge in [-0.2, -0.15) is 0 Å². The van der Waals surface area contributed by atoms with E-state index in [0.29, 0.717) is 13.2 Å². The van der Waals surface area contributed by atoms with Gasteiger partial charge < -0.3 is 14.9 Å². The summed E-state index contributed by atoms with van der Waals surface area (Å²) in [6, 6.07) is 7.84. The van der Waals surface area contributed by atoms with Gasteiger partial charge in [0.25, 0.3) is 0 Å². The molecule has 0 heterocycles. The van der Waals surface area contributed by atoms with Crippen LogP contribution >= 0.6 is 0 Å². The van der Waals surface area contributed by atoms with Crippen molar-refractivity contribution in [1.29, 1.82) is 0 Å². The number of ether oxygens (including phenoxy) is 1. The summed E-state index contributed by atoms with van der Waals surface area (Å²) in [6.45, 7) is 3.12. The summed E-state index contributed by atoms with van der Waals surface area (Å²) < 4.78 is 5.04. The molecule has 1 aromatic rings. The molecule has 0 atom stereocenters. The van der Waals surface area contributed by atoms with E-state index in [0.717, 1.165) is 18.7 Å². The molecule has 0 radical (unpaired) electrons. The Hall–Kier alpha value is -0.940. The first kappa shape index (κ1) is 14.1. The number of benzene rings is 1. The third-order valence-corrected chi connectivity index (χ3v) is 2.64. The van der Waals surface area contributed by atoms with Crippen LogP contribution in [0, 0.1) is 0 Å². The van der Waals surface area contributed by atoms with Gasteiger partial charge in [-0.1, -0.05) is 24.3 Å². The van der Waals surface area contributed by atoms with E-state index in [4.69, 9.17) is 14.9 Å². The maximum Gasteiger partial charge on any atom is 0.0681 e. The van der Waals surface area contributed by atoms with Crippen LogP contribution in [0.25, 0.3) is 0 Å². The van der Waals surface area contributed by atoms with E-state index in [9.17, 15) is 0 Å². The third kappa shape index (κ3) is 5.28. The standard InChI is InChI=1S/C13H21NO3/c1-17-9-7-14(6-8-15)10-12-2-4-13(11-16)5-3-12/h2-5,15-16H,6-11H2,1H3. The zero-order valence-electron chi connectivity index (χ0n) is 10.3. The number of rotatable bonds is 8. The van der Waals surface area contributed by atoms with Crippen LogP contribution in [-0.2, 0) is 17.9 Å². The summed E-state index contributed by atoms with van der Waals surface area (Å²) in [7, 11) is 1.67. The van der Waals surface area contributed by atoms with Crippen LogP contribution in [0.1, 0.15) is 11.1 Å². The Kier molecular flexibility index (Phi) is 6.81. The van der Waals surface area contributed by atoms with Crippen molar-refractivity contribution in [2.75, 3.05) is 33.4 Å². The van der Waals surface area contributed by atoms with Crippen LogP contribution in [0.2, 0.25) is 0 Å². The number of methoxy groups -OCH3 is 1. The summed E-state index contributed by atoms with van der Waals surface area (Å²) >= 11 is 0. The molecule has 2 N–H and O–H groups in total. The molecule has 1 rings (SSSR count). The molecule has 0 spiro atoms. The molecule has 0 amide bonds. The van der Waals surface area contributed by atoms with Gasteiger partial charge in [0.15, 0.2) is 0 Å². The predicted molar refractivity (Wildman–Crippen MR) is 66.6 cm³/mol. The zero-order valence-corrected chi connectivity index (χ0v) is 10.3. The van der Waals surface area contributed by atoms with E-state index in [1.165, 1.54) is 5.56 Å². The molecular weight excluding hydrogens is 218 g/mol. The summed E-state index contributed by atoms with van der Waals surface area (Å²) in [5, 5.41) is 17.9. The molecule has 0 unspecified atom stereocenters. The van der Waals surface area contributed by atoms with Crippen molar-refractivity contribution in [1.82, 2.24) is 4.90 Å². The molecule has 0 fully saturated rings. The van der Waals surface area contributed by atoms with Gasteiger partial charge in [-0.25, -0.2) is 0 Å². The van der Waals surface area contributed by atoms with Crippen molar-refractivity contribution in [2.24, 2.45) is 0 Å². The number of hydrogen-bond donors (Lipinski definition) is 2. The van der Waals surface area contributed by atoms with E-state index in [1.807, 2.05) is 24.3 Å². The maximum absolute atomic E-state index is 8.98. The van der Waals surface area contributed by atoms with Crippen molar-refractivity contribution < 1.29 is 14.9 Å². The lowest BCUT2D eigenvalue weighted by Gasteiger charge is -2.20. The Labute approximate surface area is 102 Å². The van der Waals surface area contributed by atoms with Crippen molar-refractivity contribution >= 4 is 0 Å². The molecule has 0 bridgehead atoms. The van der Waals surface area contributed by atoms with Gasteiger partial charge in [0.2, 0.25) is 0 Å². The normalized spacial score (nSPS) is 11.1. The molecule has 0 aliphatic heterocycles. The Morgan fingerprint density at radius 2 is 1.71 bits per heavy atom. The van der Waals surface area contributed by atoms with Gasteiger partial charge in [0, 0.05) is 26.7 Å². The molecule has 4 nitrogen and oxygen atoms in total. The lowest BCUT2D eigenvalue weighted by molar-refractivity contribution is 0.127. The van der Waals surface area contributed by atoms with Crippen molar-refractivity contribution in [2.45, 2.75) is 13.2 Å². The highest BCUT2D eigenvalue weighted by molar-refractivity contribution is 5.21. The highest BCUT2D eigenvalue weighted by Crippen LogP contribution is 2.07. The maximum atomic E-state index is 8.98. The Bertz CT molecular complexity index is 300. The van der Waals surface area contributed by atoms with Gasteiger partial charge in [-0.3, -0.25) is 4.90 Å². The van der Waals surface area contributed by atoms with Crippen LogP contribution < -0.4 is 0 Å². The molecule has 96 valence electrons. The average Bonchev–Trinajstić information content (AvgIpc) is 2.37. The minimum atomic E-state index is 0.0737. The first-order valence-electron chi connectivity index (χ1n) is 5.81. The fraction of sp³-hybridized carbons (Fsp3) is 0.538. The van der Waals surface area contributed by atoms with Crippen molar-refractivity contribution in [3.63, 3.8) is 0 Å². The fourth-order valence-electron chi connectivity index (χ4n) is 1.64. The Morgan fingerprint density at radius 3 is 2.24 bits per heavy atom. The minimum absolute atomic E-state index is 0.0737. The lowest BCUT2D eigenvalue weighted by atomic mass is 10.1. The van der Waals surface area contributed by atoms with Gasteiger partial charge in [0.1, 0.15) is 0 Å². The van der Waals surface area contributed by atoms with Crippen LogP contribution in [0.3, 0.4) is 0 Å². The second-order valence-electron chi connectivity index (χ2n) is 3.97. The SMILES string of the molecule is COCCN(CCO)Cc1ccc(CO)cc1. The van der Waals surface area contributed by atoms with Crippen LogP contribution in [0.5, 0.6) is 0 Å². The van der Waals surface area contributed by atoms with Gasteiger partial charge in [-0.05, 0) is 11.1 Å². The molecule has 0 saturated heterocycles. The first-order valence-corrected chi connectivity index (χ1v) is 5.81. The number of nitrogens with zero attached hydrogens (tertiary/aromatic N) is 1. The molecule has 0 aliphatic carbocycles. The number of aliphatic hydroxyl groups excluding tert-OH is 2. The molecule has 0 aromatic heterocycles. The molecule has 17 heavy (non-hydrogen) atoms. The van der Waals surface area contributed by atoms with E-state index in [-0.39, 0.29) is 13.2 Å². The highest BCUT2D eigenvalue weighted by atomic mass is 16.5. The van der Waals surface area contributed by atoms with E-state index < -0.39 is 0 Å². The molecule has 0 aliphatic rings. The van der Waals surface area contributed by atoms with Crippen LogP contribution in [0.4, 0.5) is 0 Å². The number of hydrogen-bond acceptors (Lipinski definition) is 4. The van der Waals surface area contributed by atoms with E-state index >= 15 is 0 Å². The van der Waals surface area contributed by atoms with E-state index in [2.05, 4.69) is 4.90 Å². The summed E-state index contributed by atoms with van der Waals surface area (Å²) in [5.74, 6) is 0. The van der Waals surface area contributed by atoms with Crippen molar-refractivity contribution in [3.8, 4) is 0 Å². The first-order chi connectivity index (χ1) is 8.30.